The highest BCUT2D eigenvalue weighted by Gasteiger charge is 2.47. The van der Waals surface area contributed by atoms with Crippen molar-refractivity contribution in [1.29, 1.82) is 0 Å². The number of nitrogens with zero attached hydrogens (tertiary/aromatic N) is 1. The molecule has 2 aromatic rings. The lowest BCUT2D eigenvalue weighted by atomic mass is 9.64. The fraction of sp³-hybridized carbons (Fsp3) is 0.533. The van der Waals surface area contributed by atoms with Gasteiger partial charge in [-0.2, -0.15) is 26.3 Å². The lowest BCUT2D eigenvalue weighted by Gasteiger charge is -2.45. The van der Waals surface area contributed by atoms with Crippen LogP contribution in [0.3, 0.4) is 0 Å². The van der Waals surface area contributed by atoms with Gasteiger partial charge in [0.25, 0.3) is 0 Å². The molecule has 41 heavy (non-hydrogen) atoms. The van der Waals surface area contributed by atoms with Crippen LogP contribution in [0, 0.1) is 6.57 Å². The second-order valence-corrected chi connectivity index (χ2v) is 11.7. The first-order valence-electron chi connectivity index (χ1n) is 13.2. The molecule has 0 unspecified atom stereocenters. The molecule has 224 valence electrons. The van der Waals surface area contributed by atoms with Crippen molar-refractivity contribution in [1.82, 2.24) is 5.32 Å². The summed E-state index contributed by atoms with van der Waals surface area (Å²) in [6.07, 6.45) is -9.95. The molecule has 1 N–H and O–H groups in total. The summed E-state index contributed by atoms with van der Waals surface area (Å²) in [5.41, 5.74) is -4.37. The minimum absolute atomic E-state index is 0.0102. The molecule has 1 amide bonds. The number of halogens is 6. The van der Waals surface area contributed by atoms with E-state index in [0.717, 1.165) is 5.56 Å². The van der Waals surface area contributed by atoms with Crippen LogP contribution in [0.5, 0.6) is 0 Å². The van der Waals surface area contributed by atoms with Crippen LogP contribution in [-0.2, 0) is 27.2 Å². The molecule has 0 aliphatic heterocycles. The minimum Gasteiger partial charge on any atom is -0.444 e. The van der Waals surface area contributed by atoms with E-state index in [1.54, 1.807) is 20.8 Å². The van der Waals surface area contributed by atoms with Crippen LogP contribution in [-0.4, -0.2) is 30.4 Å². The summed E-state index contributed by atoms with van der Waals surface area (Å²) in [6.45, 7) is 14.1. The monoisotopic (exact) mass is 584 g/mol. The maximum Gasteiger partial charge on any atom is 0.416 e. The Morgan fingerprint density at radius 2 is 1.49 bits per heavy atom. The van der Waals surface area contributed by atoms with Crippen molar-refractivity contribution < 1.29 is 40.6 Å². The first-order valence-corrected chi connectivity index (χ1v) is 13.2. The molecular weight excluding hydrogens is 550 g/mol. The zero-order valence-corrected chi connectivity index (χ0v) is 23.4. The molecule has 0 bridgehead atoms. The highest BCUT2D eigenvalue weighted by molar-refractivity contribution is 5.69. The summed E-state index contributed by atoms with van der Waals surface area (Å²) in [4.78, 5) is 16.1. The average Bonchev–Trinajstić information content (AvgIpc) is 2.86. The van der Waals surface area contributed by atoms with Crippen molar-refractivity contribution in [2.45, 2.75) is 88.4 Å². The largest absolute Gasteiger partial charge is 0.444 e. The lowest BCUT2D eigenvalue weighted by Crippen LogP contribution is -2.56. The van der Waals surface area contributed by atoms with E-state index in [4.69, 9.17) is 16.0 Å². The number of carbonyl (C=O) groups is 1. The van der Waals surface area contributed by atoms with E-state index >= 15 is 0 Å². The zero-order valence-electron chi connectivity index (χ0n) is 23.4. The number of carbonyl (C=O) groups excluding carboxylic acids is 1. The second kappa shape index (κ2) is 11.9. The van der Waals surface area contributed by atoms with Gasteiger partial charge in [0.05, 0.1) is 23.8 Å². The van der Waals surface area contributed by atoms with Crippen molar-refractivity contribution in [2.75, 3.05) is 13.2 Å². The fourth-order valence-corrected chi connectivity index (χ4v) is 5.10. The lowest BCUT2D eigenvalue weighted by molar-refractivity contribution is -0.143. The van der Waals surface area contributed by atoms with Gasteiger partial charge in [-0.15, -0.1) is 0 Å². The van der Waals surface area contributed by atoms with Crippen molar-refractivity contribution in [2.24, 2.45) is 0 Å². The Balaban J connectivity index is 1.87. The standard InChI is InChI=1S/C30H34F6N2O3/c1-20(21-15-23(29(31,32)33)17-24(16-21)30(34,35)36)40-19-27(22-9-7-6-8-10-22)11-13-28(14-12-27,18-37-5)38-25(39)41-26(2,3)4/h6-10,15-17,20H,11-14,18-19H2,1-4H3,(H,38,39)/t20-,27?,28?/m1/s1. The Labute approximate surface area is 236 Å². The van der Waals surface area contributed by atoms with E-state index in [9.17, 15) is 31.1 Å². The number of amides is 1. The van der Waals surface area contributed by atoms with E-state index in [0.29, 0.717) is 37.8 Å². The Bertz CT molecular complexity index is 1210. The number of alkyl carbamates (subject to hydrolysis) is 1. The molecule has 1 saturated carbocycles. The number of alkyl halides is 6. The maximum absolute atomic E-state index is 13.4. The summed E-state index contributed by atoms with van der Waals surface area (Å²) >= 11 is 0. The quantitative estimate of drug-likeness (QED) is 0.262. The Kier molecular flexibility index (Phi) is 9.38. The summed E-state index contributed by atoms with van der Waals surface area (Å²) in [7, 11) is 0. The Hall–Kier alpha value is -3.26. The third-order valence-corrected chi connectivity index (χ3v) is 7.39. The summed E-state index contributed by atoms with van der Waals surface area (Å²) in [6, 6.07) is 10.7. The van der Waals surface area contributed by atoms with Gasteiger partial charge < -0.3 is 19.6 Å². The van der Waals surface area contributed by atoms with Crippen LogP contribution in [0.2, 0.25) is 0 Å². The Morgan fingerprint density at radius 3 is 1.95 bits per heavy atom. The number of hydrogen-bond acceptors (Lipinski definition) is 3. The van der Waals surface area contributed by atoms with Crippen LogP contribution in [0.25, 0.3) is 4.85 Å². The van der Waals surface area contributed by atoms with Crippen LogP contribution < -0.4 is 5.32 Å². The third-order valence-electron chi connectivity index (χ3n) is 7.39. The minimum atomic E-state index is -4.96. The third kappa shape index (κ3) is 8.38. The van der Waals surface area contributed by atoms with Crippen LogP contribution in [0.4, 0.5) is 31.1 Å². The van der Waals surface area contributed by atoms with Gasteiger partial charge in [-0.25, -0.2) is 11.4 Å². The van der Waals surface area contributed by atoms with Gasteiger partial charge in [0, 0.05) is 5.41 Å². The predicted molar refractivity (Wildman–Crippen MR) is 141 cm³/mol. The molecule has 5 nitrogen and oxygen atoms in total. The van der Waals surface area contributed by atoms with Crippen molar-refractivity contribution in [3.63, 3.8) is 0 Å². The molecule has 0 heterocycles. The second-order valence-electron chi connectivity index (χ2n) is 11.7. The fourth-order valence-electron chi connectivity index (χ4n) is 5.10. The molecular formula is C30H34F6N2O3. The molecule has 1 aliphatic rings. The molecule has 1 fully saturated rings. The average molecular weight is 585 g/mol. The molecule has 0 spiro atoms. The maximum atomic E-state index is 13.4. The van der Waals surface area contributed by atoms with Crippen LogP contribution in [0.15, 0.2) is 48.5 Å². The normalized spacial score (nSPS) is 22.5. The number of rotatable bonds is 7. The number of nitrogens with one attached hydrogen (secondary N) is 1. The zero-order chi connectivity index (χ0) is 30.7. The smallest absolute Gasteiger partial charge is 0.416 e. The topological polar surface area (TPSA) is 51.9 Å². The van der Waals surface area contributed by atoms with Crippen LogP contribution >= 0.6 is 0 Å². The predicted octanol–water partition coefficient (Wildman–Crippen LogP) is 8.50. The highest BCUT2D eigenvalue weighted by Crippen LogP contribution is 2.45. The Morgan fingerprint density at radius 1 is 0.951 bits per heavy atom. The molecule has 2 aromatic carbocycles. The van der Waals surface area contributed by atoms with Gasteiger partial charge in [-0.1, -0.05) is 30.3 Å². The van der Waals surface area contributed by atoms with E-state index in [1.807, 2.05) is 30.3 Å². The number of ether oxygens (including phenoxy) is 2. The molecule has 11 heteroatoms. The van der Waals surface area contributed by atoms with Crippen molar-refractivity contribution in [3.05, 3.63) is 82.2 Å². The van der Waals surface area contributed by atoms with Gasteiger partial charge in [-0.3, -0.25) is 0 Å². The first-order chi connectivity index (χ1) is 18.9. The van der Waals surface area contributed by atoms with E-state index in [-0.39, 0.29) is 24.8 Å². The SMILES string of the molecule is [C-]#[N+]CC1(NC(=O)OC(C)(C)C)CCC(CO[C@H](C)c2cc(C(F)(F)F)cc(C(F)(F)F)c2)(c2ccccc2)CC1. The van der Waals surface area contributed by atoms with Gasteiger partial charge >= 0.3 is 18.4 Å². The summed E-state index contributed by atoms with van der Waals surface area (Å²) in [5.74, 6) is 0. The van der Waals surface area contributed by atoms with E-state index < -0.39 is 52.2 Å². The molecule has 1 aliphatic carbocycles. The van der Waals surface area contributed by atoms with Gasteiger partial charge in [0.1, 0.15) is 11.1 Å². The number of benzene rings is 2. The molecule has 0 radical (unpaired) electrons. The summed E-state index contributed by atoms with van der Waals surface area (Å²) in [5, 5.41) is 2.88. The first kappa shape index (κ1) is 32.3. The highest BCUT2D eigenvalue weighted by atomic mass is 19.4. The molecule has 3 rings (SSSR count). The van der Waals surface area contributed by atoms with Crippen molar-refractivity contribution >= 4 is 6.09 Å². The van der Waals surface area contributed by atoms with Gasteiger partial charge in [-0.05, 0) is 82.7 Å². The molecule has 1 atom stereocenters. The number of hydrogen-bond donors (Lipinski definition) is 1. The van der Waals surface area contributed by atoms with Crippen LogP contribution in [0.1, 0.15) is 81.7 Å². The van der Waals surface area contributed by atoms with Gasteiger partial charge in [0.15, 0.2) is 0 Å². The van der Waals surface area contributed by atoms with E-state index in [2.05, 4.69) is 10.2 Å². The van der Waals surface area contributed by atoms with Gasteiger partial charge in [0.2, 0.25) is 6.54 Å². The molecule has 0 saturated heterocycles. The van der Waals surface area contributed by atoms with Crippen molar-refractivity contribution in [3.8, 4) is 0 Å². The van der Waals surface area contributed by atoms with E-state index in [1.165, 1.54) is 6.92 Å². The molecule has 0 aromatic heterocycles. The summed E-state index contributed by atoms with van der Waals surface area (Å²) < 4.78 is 91.9.